The molecule has 8 heteroatoms. The van der Waals surface area contributed by atoms with Gasteiger partial charge >= 0.3 is 0 Å². The molecule has 166 valence electrons. The number of pyridine rings is 1. The molecule has 0 aliphatic carbocycles. The highest BCUT2D eigenvalue weighted by Gasteiger charge is 2.26. The first-order valence-electron chi connectivity index (χ1n) is 10.5. The maximum Gasteiger partial charge on any atom is 0.131 e. The van der Waals surface area contributed by atoms with Gasteiger partial charge < -0.3 is 20.6 Å². The van der Waals surface area contributed by atoms with Crippen LogP contribution in [0.5, 0.6) is 0 Å². The van der Waals surface area contributed by atoms with Crippen LogP contribution < -0.4 is 15.5 Å². The average Bonchev–Trinajstić information content (AvgIpc) is 2.90. The normalized spacial score (nSPS) is 16.6. The van der Waals surface area contributed by atoms with Gasteiger partial charge in [-0.25, -0.2) is 4.98 Å². The summed E-state index contributed by atoms with van der Waals surface area (Å²) in [5, 5.41) is 16.7. The Hall–Kier alpha value is -2.36. The maximum absolute atomic E-state index is 10.7. The summed E-state index contributed by atoms with van der Waals surface area (Å²) in [4.78, 5) is 7.73. The van der Waals surface area contributed by atoms with Gasteiger partial charge in [-0.3, -0.25) is 9.11 Å². The van der Waals surface area contributed by atoms with Crippen molar-refractivity contribution in [3.63, 3.8) is 0 Å². The van der Waals surface area contributed by atoms with Crippen LogP contribution >= 0.6 is 10.6 Å². The molecule has 0 radical (unpaired) electrons. The molecule has 4 rings (SSSR count). The molecule has 1 aromatic heterocycles. The lowest BCUT2D eigenvalue weighted by Gasteiger charge is -2.32. The lowest BCUT2D eigenvalue weighted by molar-refractivity contribution is 0.293. The molecule has 0 unspecified atom stereocenters. The van der Waals surface area contributed by atoms with Crippen LogP contribution in [0.1, 0.15) is 11.1 Å². The average molecular weight is 443 g/mol. The minimum atomic E-state index is -2.82. The molecule has 0 atom stereocenters. The zero-order chi connectivity index (χ0) is 21.8. The van der Waals surface area contributed by atoms with E-state index in [4.69, 9.17) is 10.1 Å². The molecule has 0 fully saturated rings. The predicted octanol–water partition coefficient (Wildman–Crippen LogP) is 3.67. The first kappa shape index (κ1) is 21.9. The molecule has 2 aromatic carbocycles. The highest BCUT2D eigenvalue weighted by Crippen LogP contribution is 2.51. The van der Waals surface area contributed by atoms with Crippen molar-refractivity contribution in [1.82, 2.24) is 10.3 Å². The quantitative estimate of drug-likeness (QED) is 0.356. The van der Waals surface area contributed by atoms with Gasteiger partial charge in [-0.15, -0.1) is 0 Å². The minimum absolute atomic E-state index is 0.122. The monoisotopic (exact) mass is 442 g/mol. The molecule has 1 aliphatic heterocycles. The van der Waals surface area contributed by atoms with Gasteiger partial charge in [-0.2, -0.15) is 10.6 Å². The van der Waals surface area contributed by atoms with E-state index in [0.29, 0.717) is 24.5 Å². The highest BCUT2D eigenvalue weighted by molar-refractivity contribution is 8.24. The van der Waals surface area contributed by atoms with E-state index in [0.717, 1.165) is 46.6 Å². The van der Waals surface area contributed by atoms with Crippen molar-refractivity contribution >= 4 is 33.0 Å². The highest BCUT2D eigenvalue weighted by atomic mass is 32.3. The van der Waals surface area contributed by atoms with Crippen molar-refractivity contribution in [2.75, 3.05) is 48.8 Å². The van der Waals surface area contributed by atoms with Crippen LogP contribution in [0.3, 0.4) is 0 Å². The Balaban J connectivity index is 1.68. The fraction of sp³-hybridized carbons (Fsp3) is 0.348. The first-order chi connectivity index (χ1) is 15.0. The number of para-hydroxylation sites is 1. The fourth-order valence-electron chi connectivity index (χ4n) is 3.96. The van der Waals surface area contributed by atoms with Gasteiger partial charge in [0.05, 0.1) is 22.8 Å². The molecule has 7 nitrogen and oxygen atoms in total. The van der Waals surface area contributed by atoms with E-state index in [2.05, 4.69) is 34.6 Å². The van der Waals surface area contributed by atoms with Crippen LogP contribution in [0.25, 0.3) is 10.9 Å². The second kappa shape index (κ2) is 9.42. The lowest BCUT2D eigenvalue weighted by Crippen LogP contribution is -2.27. The molecule has 5 N–H and O–H groups in total. The second-order valence-corrected chi connectivity index (χ2v) is 9.98. The summed E-state index contributed by atoms with van der Waals surface area (Å²) in [6.45, 7) is 5.30. The predicted molar refractivity (Wildman–Crippen MR) is 128 cm³/mol. The van der Waals surface area contributed by atoms with Crippen LogP contribution in [0.4, 0.5) is 11.5 Å². The van der Waals surface area contributed by atoms with Crippen molar-refractivity contribution in [1.29, 1.82) is 0 Å². The van der Waals surface area contributed by atoms with Crippen LogP contribution in [-0.4, -0.2) is 57.7 Å². The topological polar surface area (TPSA) is 101 Å². The van der Waals surface area contributed by atoms with Gasteiger partial charge in [-0.05, 0) is 24.1 Å². The Bertz CT molecular complexity index is 1060. The van der Waals surface area contributed by atoms with Crippen molar-refractivity contribution in [2.24, 2.45) is 0 Å². The number of anilines is 2. The van der Waals surface area contributed by atoms with Crippen LogP contribution in [0.15, 0.2) is 53.4 Å². The minimum Gasteiger partial charge on any atom is -0.395 e. The molecule has 0 bridgehead atoms. The molecular weight excluding hydrogens is 412 g/mol. The summed E-state index contributed by atoms with van der Waals surface area (Å²) in [7, 11) is -2.82. The molecule has 31 heavy (non-hydrogen) atoms. The van der Waals surface area contributed by atoms with Crippen LogP contribution in [-0.2, 0) is 6.54 Å². The van der Waals surface area contributed by atoms with E-state index in [1.807, 2.05) is 36.4 Å². The van der Waals surface area contributed by atoms with E-state index < -0.39 is 10.6 Å². The number of nitrogens with one attached hydrogen (secondary N) is 2. The number of fused-ring (bicyclic) bond motifs is 2. The third-order valence-corrected chi connectivity index (χ3v) is 7.44. The number of benzene rings is 2. The third kappa shape index (κ3) is 4.78. The Morgan fingerprint density at radius 3 is 2.74 bits per heavy atom. The van der Waals surface area contributed by atoms with E-state index in [9.17, 15) is 9.11 Å². The van der Waals surface area contributed by atoms with Gasteiger partial charge in [0.2, 0.25) is 0 Å². The molecule has 0 saturated carbocycles. The second-order valence-electron chi connectivity index (χ2n) is 7.80. The Morgan fingerprint density at radius 1 is 1.06 bits per heavy atom. The van der Waals surface area contributed by atoms with Gasteiger partial charge in [0.25, 0.3) is 0 Å². The zero-order valence-electron chi connectivity index (χ0n) is 17.7. The molecule has 0 saturated heterocycles. The number of aromatic nitrogens is 1. The smallest absolute Gasteiger partial charge is 0.131 e. The number of hydrogen-bond acceptors (Lipinski definition) is 7. The number of rotatable bonds is 7. The van der Waals surface area contributed by atoms with Crippen molar-refractivity contribution in [3.8, 4) is 0 Å². The van der Waals surface area contributed by atoms with E-state index >= 15 is 0 Å². The Labute approximate surface area is 184 Å². The summed E-state index contributed by atoms with van der Waals surface area (Å²) >= 11 is 0. The summed E-state index contributed by atoms with van der Waals surface area (Å²) < 4.78 is 21.4. The van der Waals surface area contributed by atoms with E-state index in [1.165, 1.54) is 0 Å². The molecule has 2 heterocycles. The number of nitrogens with zero attached hydrogens (tertiary/aromatic N) is 2. The third-order valence-electron chi connectivity index (χ3n) is 5.59. The summed E-state index contributed by atoms with van der Waals surface area (Å²) in [6, 6.07) is 15.8. The first-order valence-corrected chi connectivity index (χ1v) is 12.3. The van der Waals surface area contributed by atoms with Gasteiger partial charge in [-0.1, -0.05) is 36.4 Å². The molecule has 0 spiro atoms. The number of aliphatic hydroxyl groups excluding tert-OH is 1. The zero-order valence-corrected chi connectivity index (χ0v) is 18.5. The molecular formula is C23H30N4O3S. The van der Waals surface area contributed by atoms with Gasteiger partial charge in [0.15, 0.2) is 0 Å². The van der Waals surface area contributed by atoms with Crippen LogP contribution in [0, 0.1) is 6.92 Å². The summed E-state index contributed by atoms with van der Waals surface area (Å²) in [6.07, 6.45) is 0. The summed E-state index contributed by atoms with van der Waals surface area (Å²) in [5.74, 6) is 1.10. The lowest BCUT2D eigenvalue weighted by atomic mass is 10.1. The number of aliphatic hydroxyl groups is 1. The number of aryl methyl sites for hydroxylation is 1. The van der Waals surface area contributed by atoms with Crippen molar-refractivity contribution in [3.05, 3.63) is 59.7 Å². The largest absolute Gasteiger partial charge is 0.395 e. The maximum atomic E-state index is 10.7. The standard InChI is InChI=1S/C23H30N4O3S/c1-17-5-4-7-19-20(25-10-9-24-11-13-28)15-22(26-23(17)19)27-12-14-31(29,30)21-8-3-2-6-18(21)16-27/h2-8,15,24,28-30H,9-14,16H2,1H3,(H,25,26). The van der Waals surface area contributed by atoms with Crippen LogP contribution in [0.2, 0.25) is 0 Å². The SMILES string of the molecule is Cc1cccc2c(NCCNCCO)cc(N3CCS(O)(O)c4ccccc4C3)nc12. The van der Waals surface area contributed by atoms with E-state index in [1.54, 1.807) is 0 Å². The van der Waals surface area contributed by atoms with Gasteiger partial charge in [0.1, 0.15) is 5.82 Å². The molecule has 0 amide bonds. The number of hydrogen-bond donors (Lipinski definition) is 5. The van der Waals surface area contributed by atoms with Crippen molar-refractivity contribution < 1.29 is 14.2 Å². The molecule has 1 aliphatic rings. The van der Waals surface area contributed by atoms with Gasteiger partial charge in [0, 0.05) is 49.9 Å². The van der Waals surface area contributed by atoms with E-state index in [-0.39, 0.29) is 12.4 Å². The fourth-order valence-corrected chi connectivity index (χ4v) is 5.50. The Morgan fingerprint density at radius 2 is 1.90 bits per heavy atom. The molecule has 3 aromatic rings. The Kier molecular flexibility index (Phi) is 6.64. The summed E-state index contributed by atoms with van der Waals surface area (Å²) in [5.41, 5.74) is 3.96. The van der Waals surface area contributed by atoms with Crippen molar-refractivity contribution in [2.45, 2.75) is 18.4 Å².